The van der Waals surface area contributed by atoms with Crippen LogP contribution in [0.1, 0.15) is 64.2 Å². The third-order valence-electron chi connectivity index (χ3n) is 10.4. The van der Waals surface area contributed by atoms with Gasteiger partial charge in [-0.25, -0.2) is 0 Å². The normalized spacial score (nSPS) is 41.3. The van der Waals surface area contributed by atoms with E-state index in [-0.39, 0.29) is 18.3 Å². The maximum atomic E-state index is 13.7. The molecule has 40 heavy (non-hydrogen) atoms. The minimum Gasteiger partial charge on any atom is -0.465 e. The van der Waals surface area contributed by atoms with E-state index in [0.29, 0.717) is 24.2 Å². The van der Waals surface area contributed by atoms with Crippen LogP contribution in [-0.4, -0.2) is 60.9 Å². The van der Waals surface area contributed by atoms with Crippen molar-refractivity contribution >= 4 is 28.0 Å². The van der Waals surface area contributed by atoms with Crippen molar-refractivity contribution in [3.8, 4) is 0 Å². The molecule has 7 aliphatic rings. The summed E-state index contributed by atoms with van der Waals surface area (Å²) in [6.45, 7) is -0.427. The summed E-state index contributed by atoms with van der Waals surface area (Å²) in [6.07, 6.45) is 2.42. The lowest BCUT2D eigenvalue weighted by Gasteiger charge is -2.55. The summed E-state index contributed by atoms with van der Waals surface area (Å²) in [5, 5.41) is -5.65. The highest BCUT2D eigenvalue weighted by molar-refractivity contribution is 7.87. The van der Waals surface area contributed by atoms with Crippen LogP contribution in [0, 0.1) is 46.8 Å². The molecular weight excluding hydrogens is 564 g/mol. The van der Waals surface area contributed by atoms with E-state index in [2.05, 4.69) is 0 Å². The Hall–Kier alpha value is -1.96. The summed E-state index contributed by atoms with van der Waals surface area (Å²) in [4.78, 5) is 39.2. The molecule has 0 spiro atoms. The maximum absolute atomic E-state index is 13.7. The Bertz CT molecular complexity index is 1170. The van der Waals surface area contributed by atoms with E-state index in [1.165, 1.54) is 0 Å². The largest absolute Gasteiger partial charge is 0.465 e. The van der Waals surface area contributed by atoms with E-state index in [9.17, 15) is 40.4 Å². The molecule has 6 aliphatic carbocycles. The van der Waals surface area contributed by atoms with Gasteiger partial charge in [0.05, 0.1) is 23.9 Å². The van der Waals surface area contributed by atoms with Crippen LogP contribution in [0.5, 0.6) is 0 Å². The first kappa shape index (κ1) is 28.2. The zero-order valence-electron chi connectivity index (χ0n) is 21.6. The number of halogens is 4. The van der Waals surface area contributed by atoms with Gasteiger partial charge in [0.1, 0.15) is 12.2 Å². The Labute approximate surface area is 228 Å². The molecule has 6 bridgehead atoms. The third kappa shape index (κ3) is 4.25. The molecule has 9 nitrogen and oxygen atoms in total. The number of ether oxygens (including phenoxy) is 3. The SMILES string of the molecule is O=C1OC2C3CC(C2OC(=O)C24CC5CC(CC(C5)C2)C4)C(C(=O)OCCCCC(F)(F)C(F)(F)S(=O)(=O)O)C13. The van der Waals surface area contributed by atoms with E-state index in [1.807, 2.05) is 0 Å². The molecule has 14 heteroatoms. The Balaban J connectivity index is 1.06. The maximum Gasteiger partial charge on any atom is 0.431 e. The van der Waals surface area contributed by atoms with E-state index in [1.54, 1.807) is 0 Å². The number of carbonyl (C=O) groups is 3. The Kier molecular flexibility index (Phi) is 6.53. The van der Waals surface area contributed by atoms with Crippen LogP contribution in [0.2, 0.25) is 0 Å². The van der Waals surface area contributed by atoms with Gasteiger partial charge in [-0.1, -0.05) is 0 Å². The van der Waals surface area contributed by atoms with Crippen molar-refractivity contribution in [3.63, 3.8) is 0 Å². The number of hydrogen-bond donors (Lipinski definition) is 1. The molecule has 1 saturated heterocycles. The average Bonchev–Trinajstić information content (AvgIpc) is 3.46. The molecule has 6 saturated carbocycles. The van der Waals surface area contributed by atoms with Crippen molar-refractivity contribution < 1.29 is 59.1 Å². The zero-order chi connectivity index (χ0) is 28.8. The molecule has 7 fully saturated rings. The highest BCUT2D eigenvalue weighted by Crippen LogP contribution is 2.62. The predicted octanol–water partition coefficient (Wildman–Crippen LogP) is 3.75. The minimum atomic E-state index is -6.32. The molecule has 0 aromatic rings. The molecule has 6 unspecified atom stereocenters. The van der Waals surface area contributed by atoms with Gasteiger partial charge in [0.25, 0.3) is 0 Å². The van der Waals surface area contributed by atoms with Crippen molar-refractivity contribution in [2.45, 2.75) is 87.6 Å². The lowest BCUT2D eigenvalue weighted by atomic mass is 9.49. The van der Waals surface area contributed by atoms with Crippen LogP contribution in [0.4, 0.5) is 17.6 Å². The summed E-state index contributed by atoms with van der Waals surface area (Å²) >= 11 is 0. The number of hydrogen-bond acceptors (Lipinski definition) is 8. The van der Waals surface area contributed by atoms with Crippen LogP contribution < -0.4 is 0 Å². The molecule has 224 valence electrons. The van der Waals surface area contributed by atoms with Crippen molar-refractivity contribution in [2.75, 3.05) is 6.61 Å². The second-order valence-corrected chi connectivity index (χ2v) is 14.4. The van der Waals surface area contributed by atoms with Crippen LogP contribution >= 0.6 is 0 Å². The van der Waals surface area contributed by atoms with Crippen LogP contribution in [-0.2, 0) is 38.7 Å². The average molecular weight is 597 g/mol. The fourth-order valence-electron chi connectivity index (χ4n) is 9.13. The van der Waals surface area contributed by atoms with Gasteiger partial charge in [-0.15, -0.1) is 0 Å². The summed E-state index contributed by atoms with van der Waals surface area (Å²) in [5.74, 6) is -7.56. The lowest BCUT2D eigenvalue weighted by Crippen LogP contribution is -2.52. The van der Waals surface area contributed by atoms with Crippen molar-refractivity contribution in [1.29, 1.82) is 0 Å². The van der Waals surface area contributed by atoms with E-state index in [0.717, 1.165) is 38.5 Å². The van der Waals surface area contributed by atoms with Crippen molar-refractivity contribution in [1.82, 2.24) is 0 Å². The second-order valence-electron chi connectivity index (χ2n) is 12.9. The Morgan fingerprint density at radius 3 is 2.15 bits per heavy atom. The molecule has 7 rings (SSSR count). The Morgan fingerprint density at radius 2 is 1.57 bits per heavy atom. The van der Waals surface area contributed by atoms with Gasteiger partial charge >= 0.3 is 39.2 Å². The summed E-state index contributed by atoms with van der Waals surface area (Å²) in [7, 11) is -6.32. The first-order chi connectivity index (χ1) is 18.6. The molecule has 6 atom stereocenters. The van der Waals surface area contributed by atoms with Gasteiger partial charge in [-0.05, 0) is 75.5 Å². The third-order valence-corrected chi connectivity index (χ3v) is 11.4. The van der Waals surface area contributed by atoms with Gasteiger partial charge in [-0.2, -0.15) is 26.0 Å². The molecule has 0 amide bonds. The van der Waals surface area contributed by atoms with Crippen LogP contribution in [0.15, 0.2) is 0 Å². The molecule has 0 aromatic heterocycles. The first-order valence-corrected chi connectivity index (χ1v) is 15.4. The molecular formula is C26H32F4O9S. The van der Waals surface area contributed by atoms with Gasteiger partial charge in [0.15, 0.2) is 0 Å². The van der Waals surface area contributed by atoms with E-state index < -0.39 is 88.1 Å². The summed E-state index contributed by atoms with van der Waals surface area (Å²) in [5.41, 5.74) is -0.525. The highest BCUT2D eigenvalue weighted by Gasteiger charge is 2.71. The first-order valence-electron chi connectivity index (χ1n) is 13.9. The number of rotatable bonds is 10. The standard InChI is InChI=1S/C26H32F4O9S/c27-25(28,26(29,30)40(34,35)36)3-1-2-4-37-21(31)17-15-8-16-18(17)22(32)38-19(16)20(15)39-23(33)24-9-12-5-13(10-24)7-14(6-12)11-24/h12-20H,1-11H2,(H,34,35,36). The minimum absolute atomic E-state index is 0.279. The number of alkyl halides is 4. The van der Waals surface area contributed by atoms with E-state index in [4.69, 9.17) is 18.8 Å². The predicted molar refractivity (Wildman–Crippen MR) is 125 cm³/mol. The quantitative estimate of drug-likeness (QED) is 0.132. The number of unbranched alkanes of at least 4 members (excludes halogenated alkanes) is 1. The number of carbonyl (C=O) groups excluding carboxylic acids is 3. The van der Waals surface area contributed by atoms with E-state index >= 15 is 0 Å². The zero-order valence-corrected chi connectivity index (χ0v) is 22.4. The molecule has 0 aromatic carbocycles. The fourth-order valence-corrected chi connectivity index (χ4v) is 9.61. The number of fused-ring (bicyclic) bond motifs is 1. The summed E-state index contributed by atoms with van der Waals surface area (Å²) in [6, 6.07) is 0. The Morgan fingerprint density at radius 1 is 0.975 bits per heavy atom. The van der Waals surface area contributed by atoms with Crippen LogP contribution in [0.25, 0.3) is 0 Å². The topological polar surface area (TPSA) is 133 Å². The fraction of sp³-hybridized carbons (Fsp3) is 0.885. The molecule has 1 aliphatic heterocycles. The summed E-state index contributed by atoms with van der Waals surface area (Å²) < 4.78 is 101. The van der Waals surface area contributed by atoms with Gasteiger partial charge in [0, 0.05) is 18.3 Å². The smallest absolute Gasteiger partial charge is 0.431 e. The molecule has 1 heterocycles. The molecule has 0 radical (unpaired) electrons. The van der Waals surface area contributed by atoms with Gasteiger partial charge in [0.2, 0.25) is 0 Å². The van der Waals surface area contributed by atoms with Crippen LogP contribution in [0.3, 0.4) is 0 Å². The van der Waals surface area contributed by atoms with Crippen molar-refractivity contribution in [3.05, 3.63) is 0 Å². The van der Waals surface area contributed by atoms with Gasteiger partial charge in [-0.3, -0.25) is 18.9 Å². The molecule has 1 N–H and O–H groups in total. The number of esters is 3. The lowest BCUT2D eigenvalue weighted by molar-refractivity contribution is -0.187. The second kappa shape index (κ2) is 9.27. The van der Waals surface area contributed by atoms with Crippen molar-refractivity contribution in [2.24, 2.45) is 46.8 Å². The van der Waals surface area contributed by atoms with Gasteiger partial charge < -0.3 is 14.2 Å². The monoisotopic (exact) mass is 596 g/mol. The highest BCUT2D eigenvalue weighted by atomic mass is 32.2.